The molecule has 2 N–H and O–H groups in total. The molecule has 0 spiro atoms. The number of thiophene rings is 1. The number of nitrogens with zero attached hydrogens (tertiary/aromatic N) is 3. The smallest absolute Gasteiger partial charge is 0.354 e. The lowest BCUT2D eigenvalue weighted by atomic mass is 9.96. The van der Waals surface area contributed by atoms with Crippen LogP contribution in [0.5, 0.6) is 0 Å². The molecule has 0 atom stereocenters. The Morgan fingerprint density at radius 1 is 1.26 bits per heavy atom. The van der Waals surface area contributed by atoms with Crippen molar-refractivity contribution in [2.45, 2.75) is 45.1 Å². The van der Waals surface area contributed by atoms with Gasteiger partial charge in [0.2, 0.25) is 0 Å². The minimum atomic E-state index is -1.10. The standard InChI is InChI=1S/C19H20N4O3S/c1-11-14-9-16(17(24)21-12-7-8-15(19(25)26)20-10-12)27-18(14)23(22-11)13-5-3-2-4-6-13/h7-10,13H,2-6H2,1H3,(H,21,24)(H,25,26). The number of hydrogen-bond acceptors (Lipinski definition) is 5. The van der Waals surface area contributed by atoms with Gasteiger partial charge in [0.05, 0.1) is 28.5 Å². The zero-order valence-electron chi connectivity index (χ0n) is 14.9. The van der Waals surface area contributed by atoms with Crippen LogP contribution in [0.4, 0.5) is 5.69 Å². The predicted molar refractivity (Wildman–Crippen MR) is 104 cm³/mol. The molecular formula is C19H20N4O3S. The van der Waals surface area contributed by atoms with Crippen LogP contribution in [-0.4, -0.2) is 31.7 Å². The van der Waals surface area contributed by atoms with Crippen LogP contribution in [-0.2, 0) is 0 Å². The highest BCUT2D eigenvalue weighted by Crippen LogP contribution is 2.35. The van der Waals surface area contributed by atoms with Crippen molar-refractivity contribution < 1.29 is 14.7 Å². The summed E-state index contributed by atoms with van der Waals surface area (Å²) in [5.41, 5.74) is 1.35. The lowest BCUT2D eigenvalue weighted by Gasteiger charge is -2.22. The molecule has 1 saturated carbocycles. The molecule has 0 saturated heterocycles. The van der Waals surface area contributed by atoms with Crippen LogP contribution in [0.3, 0.4) is 0 Å². The maximum absolute atomic E-state index is 12.6. The summed E-state index contributed by atoms with van der Waals surface area (Å²) < 4.78 is 2.11. The molecule has 0 aliphatic heterocycles. The Morgan fingerprint density at radius 3 is 2.70 bits per heavy atom. The minimum Gasteiger partial charge on any atom is -0.477 e. The minimum absolute atomic E-state index is 0.0574. The number of rotatable bonds is 4. The first kappa shape index (κ1) is 17.7. The molecule has 1 aliphatic carbocycles. The van der Waals surface area contributed by atoms with Gasteiger partial charge in [0.25, 0.3) is 5.91 Å². The van der Waals surface area contributed by atoms with Crippen LogP contribution in [0.1, 0.15) is 64.0 Å². The third kappa shape index (κ3) is 3.44. The van der Waals surface area contributed by atoms with Crippen molar-refractivity contribution in [3.05, 3.63) is 40.7 Å². The normalized spacial score (nSPS) is 15.1. The van der Waals surface area contributed by atoms with Crippen molar-refractivity contribution in [2.75, 3.05) is 5.32 Å². The van der Waals surface area contributed by atoms with E-state index < -0.39 is 5.97 Å². The lowest BCUT2D eigenvalue weighted by molar-refractivity contribution is 0.0690. The number of pyridine rings is 1. The summed E-state index contributed by atoms with van der Waals surface area (Å²) in [6, 6.07) is 5.21. The average molecular weight is 384 g/mol. The van der Waals surface area contributed by atoms with Gasteiger partial charge in [-0.1, -0.05) is 19.3 Å². The van der Waals surface area contributed by atoms with Crippen LogP contribution in [0.25, 0.3) is 10.2 Å². The van der Waals surface area contributed by atoms with Crippen molar-refractivity contribution >= 4 is 39.1 Å². The van der Waals surface area contributed by atoms with E-state index in [9.17, 15) is 9.59 Å². The number of hydrogen-bond donors (Lipinski definition) is 2. The SMILES string of the molecule is Cc1nn(C2CCCCC2)c2sc(C(=O)Nc3ccc(C(=O)O)nc3)cc12. The highest BCUT2D eigenvalue weighted by Gasteiger charge is 2.22. The second-order valence-corrected chi connectivity index (χ2v) is 7.87. The maximum Gasteiger partial charge on any atom is 0.354 e. The molecule has 0 radical (unpaired) electrons. The van der Waals surface area contributed by atoms with Gasteiger partial charge in [0, 0.05) is 5.39 Å². The summed E-state index contributed by atoms with van der Waals surface area (Å²) in [4.78, 5) is 29.0. The number of aromatic nitrogens is 3. The highest BCUT2D eigenvalue weighted by molar-refractivity contribution is 7.20. The van der Waals surface area contributed by atoms with E-state index >= 15 is 0 Å². The molecule has 8 heteroatoms. The number of carbonyl (C=O) groups is 2. The Morgan fingerprint density at radius 2 is 2.04 bits per heavy atom. The van der Waals surface area contributed by atoms with Gasteiger partial charge in [-0.15, -0.1) is 11.3 Å². The molecule has 1 fully saturated rings. The molecule has 4 rings (SSSR count). The largest absolute Gasteiger partial charge is 0.477 e. The highest BCUT2D eigenvalue weighted by atomic mass is 32.1. The molecule has 0 aromatic carbocycles. The van der Waals surface area contributed by atoms with E-state index in [1.165, 1.54) is 48.9 Å². The summed E-state index contributed by atoms with van der Waals surface area (Å²) in [5.74, 6) is -1.32. The van der Waals surface area contributed by atoms with Crippen LogP contribution in [0, 0.1) is 6.92 Å². The Bertz CT molecular complexity index is 1000. The summed E-state index contributed by atoms with van der Waals surface area (Å²) in [5, 5.41) is 17.4. The molecule has 140 valence electrons. The van der Waals surface area contributed by atoms with Gasteiger partial charge in [-0.2, -0.15) is 5.10 Å². The van der Waals surface area contributed by atoms with E-state index in [1.54, 1.807) is 0 Å². The molecule has 7 nitrogen and oxygen atoms in total. The molecule has 0 bridgehead atoms. The van der Waals surface area contributed by atoms with Gasteiger partial charge >= 0.3 is 5.97 Å². The molecule has 1 aliphatic rings. The number of carboxylic acids is 1. The Labute approximate surface area is 160 Å². The van der Waals surface area contributed by atoms with Gasteiger partial charge in [-0.25, -0.2) is 9.78 Å². The first-order valence-corrected chi connectivity index (χ1v) is 9.84. The Balaban J connectivity index is 1.58. The Hall–Kier alpha value is -2.74. The van der Waals surface area contributed by atoms with Gasteiger partial charge in [-0.05, 0) is 38.0 Å². The average Bonchev–Trinajstić information content (AvgIpc) is 3.24. The number of anilines is 1. The summed E-state index contributed by atoms with van der Waals surface area (Å²) in [7, 11) is 0. The van der Waals surface area contributed by atoms with Crippen molar-refractivity contribution in [3.63, 3.8) is 0 Å². The van der Waals surface area contributed by atoms with Crippen LogP contribution in [0.2, 0.25) is 0 Å². The third-order valence-corrected chi connectivity index (χ3v) is 6.08. The zero-order chi connectivity index (χ0) is 19.0. The fraction of sp³-hybridized carbons (Fsp3) is 0.368. The molecular weight excluding hydrogens is 364 g/mol. The zero-order valence-corrected chi connectivity index (χ0v) is 15.8. The third-order valence-electron chi connectivity index (χ3n) is 4.95. The number of aryl methyl sites for hydroxylation is 1. The second kappa shape index (κ2) is 7.11. The predicted octanol–water partition coefficient (Wildman–Crippen LogP) is 4.26. The van der Waals surface area contributed by atoms with E-state index in [1.807, 2.05) is 13.0 Å². The molecule has 3 heterocycles. The van der Waals surface area contributed by atoms with E-state index in [2.05, 4.69) is 15.0 Å². The van der Waals surface area contributed by atoms with E-state index in [0.29, 0.717) is 16.6 Å². The monoisotopic (exact) mass is 384 g/mol. The lowest BCUT2D eigenvalue weighted by Crippen LogP contribution is -2.14. The van der Waals surface area contributed by atoms with Crippen molar-refractivity contribution in [1.82, 2.24) is 14.8 Å². The van der Waals surface area contributed by atoms with Crippen LogP contribution >= 0.6 is 11.3 Å². The molecule has 3 aromatic heterocycles. The summed E-state index contributed by atoms with van der Waals surface area (Å²) in [6.45, 7) is 1.98. The number of carboxylic acid groups (broad SMARTS) is 1. The van der Waals surface area contributed by atoms with Crippen LogP contribution < -0.4 is 5.32 Å². The summed E-state index contributed by atoms with van der Waals surface area (Å²) in [6.07, 6.45) is 7.36. The van der Waals surface area contributed by atoms with Gasteiger partial charge in [-0.3, -0.25) is 9.48 Å². The maximum atomic E-state index is 12.6. The van der Waals surface area contributed by atoms with E-state index in [-0.39, 0.29) is 11.6 Å². The number of amides is 1. The van der Waals surface area contributed by atoms with Gasteiger partial charge < -0.3 is 10.4 Å². The van der Waals surface area contributed by atoms with Crippen molar-refractivity contribution in [1.29, 1.82) is 0 Å². The number of nitrogens with one attached hydrogen (secondary N) is 1. The number of aromatic carboxylic acids is 1. The fourth-order valence-electron chi connectivity index (χ4n) is 3.54. The van der Waals surface area contributed by atoms with Gasteiger partial charge in [0.15, 0.2) is 0 Å². The molecule has 0 unspecified atom stereocenters. The summed E-state index contributed by atoms with van der Waals surface area (Å²) >= 11 is 1.45. The number of fused-ring (bicyclic) bond motifs is 1. The molecule has 27 heavy (non-hydrogen) atoms. The molecule has 3 aromatic rings. The first-order valence-electron chi connectivity index (χ1n) is 9.02. The second-order valence-electron chi connectivity index (χ2n) is 6.84. The fourth-order valence-corrected chi connectivity index (χ4v) is 4.67. The van der Waals surface area contributed by atoms with Crippen molar-refractivity contribution in [2.24, 2.45) is 0 Å². The van der Waals surface area contributed by atoms with E-state index in [4.69, 9.17) is 10.2 Å². The van der Waals surface area contributed by atoms with E-state index in [0.717, 1.165) is 28.8 Å². The number of carbonyl (C=O) groups excluding carboxylic acids is 1. The topological polar surface area (TPSA) is 97.1 Å². The molecule has 1 amide bonds. The van der Waals surface area contributed by atoms with Crippen LogP contribution in [0.15, 0.2) is 24.4 Å². The van der Waals surface area contributed by atoms with Crippen molar-refractivity contribution in [3.8, 4) is 0 Å². The first-order chi connectivity index (χ1) is 13.0. The quantitative estimate of drug-likeness (QED) is 0.700. The van der Waals surface area contributed by atoms with Gasteiger partial charge in [0.1, 0.15) is 10.5 Å². The Kier molecular flexibility index (Phi) is 4.65.